The van der Waals surface area contributed by atoms with E-state index in [9.17, 15) is 0 Å². The Hall–Kier alpha value is -1.32. The molecule has 0 aliphatic rings. The summed E-state index contributed by atoms with van der Waals surface area (Å²) >= 11 is 5.99. The summed E-state index contributed by atoms with van der Waals surface area (Å²) in [6, 6.07) is 8.14. The molecule has 0 fully saturated rings. The summed E-state index contributed by atoms with van der Waals surface area (Å²) in [5, 5.41) is 0.792. The average Bonchev–Trinajstić information content (AvgIpc) is 3.21. The largest absolute Gasteiger partial charge is 0.376 e. The van der Waals surface area contributed by atoms with Crippen molar-refractivity contribution >= 4 is 11.6 Å². The molecule has 4 heteroatoms. The highest BCUT2D eigenvalue weighted by molar-refractivity contribution is 6.30. The van der Waals surface area contributed by atoms with Crippen LogP contribution in [0.25, 0.3) is 0 Å². The molecule has 0 aliphatic heterocycles. The van der Waals surface area contributed by atoms with E-state index in [2.05, 4.69) is 28.6 Å². The Kier molecular flexibility index (Phi) is 12.0. The van der Waals surface area contributed by atoms with Gasteiger partial charge in [0.05, 0.1) is 12.4 Å². The third kappa shape index (κ3) is 10.3. The number of hydrogen-bond donors (Lipinski definition) is 0. The van der Waals surface area contributed by atoms with Gasteiger partial charge in [-0.05, 0) is 37.0 Å². The number of ether oxygens (including phenoxy) is 1. The fraction of sp³-hybridized carbons (Fsp3) is 0.625. The van der Waals surface area contributed by atoms with Gasteiger partial charge in [0.1, 0.15) is 0 Å². The number of benzene rings is 1. The molecule has 1 atom stereocenters. The zero-order valence-corrected chi connectivity index (χ0v) is 18.2. The first-order valence-electron chi connectivity index (χ1n) is 11.1. The average molecular weight is 405 g/mol. The predicted molar refractivity (Wildman–Crippen MR) is 119 cm³/mol. The SMILES string of the molecule is CCCCCCCCCCCOC(CCc1ccc(Cl)cc1)Cn1ccnc1. The van der Waals surface area contributed by atoms with E-state index in [1.54, 1.807) is 0 Å². The van der Waals surface area contributed by atoms with Gasteiger partial charge in [-0.25, -0.2) is 4.98 Å². The lowest BCUT2D eigenvalue weighted by atomic mass is 10.1. The molecule has 0 spiro atoms. The molecule has 0 saturated carbocycles. The summed E-state index contributed by atoms with van der Waals surface area (Å²) in [5.74, 6) is 0. The highest BCUT2D eigenvalue weighted by Crippen LogP contribution is 2.15. The molecule has 0 radical (unpaired) electrons. The van der Waals surface area contributed by atoms with Crippen molar-refractivity contribution in [2.45, 2.75) is 90.2 Å². The molecule has 0 saturated heterocycles. The van der Waals surface area contributed by atoms with Crippen LogP contribution < -0.4 is 0 Å². The van der Waals surface area contributed by atoms with Crippen LogP contribution in [-0.2, 0) is 17.7 Å². The summed E-state index contributed by atoms with van der Waals surface area (Å²) in [5.41, 5.74) is 1.31. The lowest BCUT2D eigenvalue weighted by Gasteiger charge is -2.19. The predicted octanol–water partition coefficient (Wildman–Crippen LogP) is 7.09. The van der Waals surface area contributed by atoms with Gasteiger partial charge in [-0.3, -0.25) is 0 Å². The third-order valence-corrected chi connectivity index (χ3v) is 5.50. The molecular weight excluding hydrogens is 368 g/mol. The van der Waals surface area contributed by atoms with Crippen molar-refractivity contribution in [2.24, 2.45) is 0 Å². The molecule has 1 unspecified atom stereocenters. The Labute approximate surface area is 176 Å². The second kappa shape index (κ2) is 14.6. The third-order valence-electron chi connectivity index (χ3n) is 5.24. The van der Waals surface area contributed by atoms with Gasteiger partial charge in [0.2, 0.25) is 0 Å². The number of nitrogens with zero attached hydrogens (tertiary/aromatic N) is 2. The lowest BCUT2D eigenvalue weighted by molar-refractivity contribution is 0.0336. The standard InChI is InChI=1S/C24H37ClN2O/c1-2-3-4-5-6-7-8-9-10-19-28-24(20-27-18-17-26-21-27)16-13-22-11-14-23(25)15-12-22/h11-12,14-15,17-18,21,24H,2-10,13,16,19-20H2,1H3. The molecule has 0 aliphatic carbocycles. The van der Waals surface area contributed by atoms with Crippen LogP contribution in [0.4, 0.5) is 0 Å². The Bertz CT molecular complexity index is 598. The van der Waals surface area contributed by atoms with Crippen LogP contribution in [-0.4, -0.2) is 22.3 Å². The van der Waals surface area contributed by atoms with Crippen LogP contribution in [0.15, 0.2) is 43.0 Å². The maximum atomic E-state index is 6.25. The monoisotopic (exact) mass is 404 g/mol. The second-order valence-electron chi connectivity index (χ2n) is 7.75. The first-order chi connectivity index (χ1) is 13.8. The fourth-order valence-electron chi connectivity index (χ4n) is 3.50. The van der Waals surface area contributed by atoms with Gasteiger partial charge in [0.15, 0.2) is 0 Å². The van der Waals surface area contributed by atoms with Gasteiger partial charge in [-0.15, -0.1) is 0 Å². The Morgan fingerprint density at radius 2 is 1.64 bits per heavy atom. The molecule has 0 bridgehead atoms. The Morgan fingerprint density at radius 3 is 2.29 bits per heavy atom. The van der Waals surface area contributed by atoms with Crippen LogP contribution in [0, 0.1) is 0 Å². The number of aromatic nitrogens is 2. The number of aryl methyl sites for hydroxylation is 1. The highest BCUT2D eigenvalue weighted by Gasteiger charge is 2.10. The number of imidazole rings is 1. The van der Waals surface area contributed by atoms with E-state index < -0.39 is 0 Å². The van der Waals surface area contributed by atoms with Crippen molar-refractivity contribution in [1.29, 1.82) is 0 Å². The number of unbranched alkanes of at least 4 members (excludes halogenated alkanes) is 8. The summed E-state index contributed by atoms with van der Waals surface area (Å²) in [6.45, 7) is 4.00. The van der Waals surface area contributed by atoms with Crippen LogP contribution >= 0.6 is 11.6 Å². The van der Waals surface area contributed by atoms with E-state index in [-0.39, 0.29) is 6.10 Å². The van der Waals surface area contributed by atoms with Crippen LogP contribution in [0.1, 0.15) is 76.7 Å². The van der Waals surface area contributed by atoms with Crippen molar-refractivity contribution < 1.29 is 4.74 Å². The first kappa shape index (κ1) is 23.0. The van der Waals surface area contributed by atoms with E-state index in [1.165, 1.54) is 56.9 Å². The minimum absolute atomic E-state index is 0.221. The van der Waals surface area contributed by atoms with E-state index in [0.717, 1.165) is 37.4 Å². The molecule has 28 heavy (non-hydrogen) atoms. The quantitative estimate of drug-likeness (QED) is 0.279. The minimum atomic E-state index is 0.221. The fourth-order valence-corrected chi connectivity index (χ4v) is 3.62. The maximum Gasteiger partial charge on any atom is 0.0946 e. The molecule has 1 heterocycles. The van der Waals surface area contributed by atoms with E-state index in [1.807, 2.05) is 30.9 Å². The van der Waals surface area contributed by atoms with Gasteiger partial charge < -0.3 is 9.30 Å². The van der Waals surface area contributed by atoms with Crippen LogP contribution in [0.5, 0.6) is 0 Å². The van der Waals surface area contributed by atoms with Gasteiger partial charge in [0, 0.05) is 30.6 Å². The highest BCUT2D eigenvalue weighted by atomic mass is 35.5. The van der Waals surface area contributed by atoms with E-state index in [0.29, 0.717) is 0 Å². The zero-order valence-electron chi connectivity index (χ0n) is 17.5. The summed E-state index contributed by atoms with van der Waals surface area (Å²) in [6.07, 6.45) is 20.0. The lowest BCUT2D eigenvalue weighted by Crippen LogP contribution is -2.21. The Balaban J connectivity index is 1.63. The summed E-state index contributed by atoms with van der Waals surface area (Å²) in [4.78, 5) is 4.15. The molecule has 0 amide bonds. The first-order valence-corrected chi connectivity index (χ1v) is 11.5. The van der Waals surface area contributed by atoms with Gasteiger partial charge in [-0.1, -0.05) is 82.0 Å². The van der Waals surface area contributed by atoms with Crippen molar-refractivity contribution in [3.63, 3.8) is 0 Å². The van der Waals surface area contributed by atoms with E-state index in [4.69, 9.17) is 16.3 Å². The number of halogens is 1. The maximum absolute atomic E-state index is 6.25. The van der Waals surface area contributed by atoms with Crippen molar-refractivity contribution in [3.8, 4) is 0 Å². The molecule has 0 N–H and O–H groups in total. The van der Waals surface area contributed by atoms with Crippen molar-refractivity contribution in [2.75, 3.05) is 6.61 Å². The number of rotatable bonds is 16. The molecule has 2 aromatic rings. The molecule has 156 valence electrons. The van der Waals surface area contributed by atoms with Crippen molar-refractivity contribution in [1.82, 2.24) is 9.55 Å². The van der Waals surface area contributed by atoms with Crippen LogP contribution in [0.3, 0.4) is 0 Å². The Morgan fingerprint density at radius 1 is 0.964 bits per heavy atom. The number of hydrogen-bond acceptors (Lipinski definition) is 2. The van der Waals surface area contributed by atoms with Gasteiger partial charge in [-0.2, -0.15) is 0 Å². The second-order valence-corrected chi connectivity index (χ2v) is 8.18. The van der Waals surface area contributed by atoms with Crippen molar-refractivity contribution in [3.05, 3.63) is 53.6 Å². The molecule has 3 nitrogen and oxygen atoms in total. The molecular formula is C24H37ClN2O. The topological polar surface area (TPSA) is 27.1 Å². The smallest absolute Gasteiger partial charge is 0.0946 e. The minimum Gasteiger partial charge on any atom is -0.376 e. The summed E-state index contributed by atoms with van der Waals surface area (Å²) < 4.78 is 8.36. The zero-order chi connectivity index (χ0) is 19.9. The molecule has 1 aromatic heterocycles. The van der Waals surface area contributed by atoms with Crippen LogP contribution in [0.2, 0.25) is 5.02 Å². The van der Waals surface area contributed by atoms with Gasteiger partial charge in [0.25, 0.3) is 0 Å². The normalized spacial score (nSPS) is 12.4. The molecule has 1 aromatic carbocycles. The summed E-state index contributed by atoms with van der Waals surface area (Å²) in [7, 11) is 0. The van der Waals surface area contributed by atoms with Gasteiger partial charge >= 0.3 is 0 Å². The van der Waals surface area contributed by atoms with E-state index >= 15 is 0 Å². The molecule has 2 rings (SSSR count).